The zero-order valence-electron chi connectivity index (χ0n) is 19.1. The van der Waals surface area contributed by atoms with Gasteiger partial charge in [0.2, 0.25) is 0 Å². The number of carbonyl (C=O) groups excluding carboxylic acids is 3. The molecule has 0 saturated carbocycles. The van der Waals surface area contributed by atoms with Gasteiger partial charge < -0.3 is 14.2 Å². The number of thioether (sulfide) groups is 1. The third kappa shape index (κ3) is 5.61. The molecule has 180 valence electrons. The molecule has 3 aromatic carbocycles. The molecule has 0 N–H and O–H groups in total. The predicted octanol–water partition coefficient (Wildman–Crippen LogP) is 5.68. The van der Waals surface area contributed by atoms with E-state index in [1.807, 2.05) is 42.5 Å². The van der Waals surface area contributed by atoms with Gasteiger partial charge in [-0.15, -0.1) is 0 Å². The molecular formula is C26H22ClNO6S. The summed E-state index contributed by atoms with van der Waals surface area (Å²) in [7, 11) is 1.26. The highest BCUT2D eigenvalue weighted by Crippen LogP contribution is 2.39. The first-order valence-electron chi connectivity index (χ1n) is 10.8. The lowest BCUT2D eigenvalue weighted by Crippen LogP contribution is -2.27. The van der Waals surface area contributed by atoms with Gasteiger partial charge in [0.05, 0.1) is 30.2 Å². The number of methoxy groups -OCH3 is 1. The van der Waals surface area contributed by atoms with Crippen LogP contribution in [0.3, 0.4) is 0 Å². The minimum absolute atomic E-state index is 0.179. The summed E-state index contributed by atoms with van der Waals surface area (Å²) in [5.41, 5.74) is 1.42. The molecule has 1 aliphatic heterocycles. The normalized spacial score (nSPS) is 14.6. The first-order chi connectivity index (χ1) is 16.9. The molecule has 1 saturated heterocycles. The van der Waals surface area contributed by atoms with Gasteiger partial charge in [-0.25, -0.2) is 4.79 Å². The number of amides is 2. The lowest BCUT2D eigenvalue weighted by Gasteiger charge is -2.14. The van der Waals surface area contributed by atoms with Crippen LogP contribution in [0.1, 0.15) is 18.1 Å². The van der Waals surface area contributed by atoms with Gasteiger partial charge in [-0.3, -0.25) is 14.5 Å². The van der Waals surface area contributed by atoms with Crippen LogP contribution in [0.2, 0.25) is 5.02 Å². The molecule has 7 nitrogen and oxygen atoms in total. The fraction of sp³-hybridized carbons (Fsp3) is 0.192. The van der Waals surface area contributed by atoms with Crippen LogP contribution >= 0.6 is 23.4 Å². The van der Waals surface area contributed by atoms with Gasteiger partial charge in [-0.05, 0) is 64.9 Å². The van der Waals surface area contributed by atoms with Crippen molar-refractivity contribution in [3.8, 4) is 11.5 Å². The van der Waals surface area contributed by atoms with E-state index in [1.165, 1.54) is 12.0 Å². The Balaban J connectivity index is 1.56. The van der Waals surface area contributed by atoms with E-state index in [9.17, 15) is 14.4 Å². The highest BCUT2D eigenvalue weighted by Gasteiger charge is 2.35. The number of fused-ring (bicyclic) bond motifs is 1. The second kappa shape index (κ2) is 10.8. The monoisotopic (exact) mass is 511 g/mol. The second-order valence-electron chi connectivity index (χ2n) is 7.58. The summed E-state index contributed by atoms with van der Waals surface area (Å²) in [6, 6.07) is 17.0. The fourth-order valence-corrected chi connectivity index (χ4v) is 4.68. The van der Waals surface area contributed by atoms with Crippen molar-refractivity contribution >= 4 is 57.3 Å². The number of benzene rings is 3. The van der Waals surface area contributed by atoms with E-state index < -0.39 is 5.97 Å². The average Bonchev–Trinajstić information content (AvgIpc) is 3.10. The Morgan fingerprint density at radius 1 is 1.06 bits per heavy atom. The van der Waals surface area contributed by atoms with Crippen LogP contribution in [0.25, 0.3) is 16.8 Å². The van der Waals surface area contributed by atoms with Gasteiger partial charge in [0, 0.05) is 0 Å². The number of halogens is 1. The van der Waals surface area contributed by atoms with E-state index in [-0.39, 0.29) is 40.0 Å². The predicted molar refractivity (Wildman–Crippen MR) is 136 cm³/mol. The lowest BCUT2D eigenvalue weighted by atomic mass is 10.1. The van der Waals surface area contributed by atoms with Gasteiger partial charge in [0.25, 0.3) is 11.1 Å². The lowest BCUT2D eigenvalue weighted by molar-refractivity contribution is -0.142. The molecule has 3 aromatic rings. The van der Waals surface area contributed by atoms with Crippen LogP contribution in [0, 0.1) is 0 Å². The molecule has 0 aromatic heterocycles. The highest BCUT2D eigenvalue weighted by molar-refractivity contribution is 8.18. The molecule has 1 heterocycles. The van der Waals surface area contributed by atoms with Crippen LogP contribution in [0.5, 0.6) is 11.5 Å². The van der Waals surface area contributed by atoms with Crippen LogP contribution in [0.15, 0.2) is 59.5 Å². The van der Waals surface area contributed by atoms with E-state index >= 15 is 0 Å². The van der Waals surface area contributed by atoms with Crippen molar-refractivity contribution in [2.45, 2.75) is 13.5 Å². The van der Waals surface area contributed by atoms with Gasteiger partial charge in [-0.2, -0.15) is 0 Å². The highest BCUT2D eigenvalue weighted by atomic mass is 35.5. The zero-order chi connectivity index (χ0) is 24.9. The Hall–Kier alpha value is -3.49. The van der Waals surface area contributed by atoms with Gasteiger partial charge in [0.15, 0.2) is 18.1 Å². The molecular weight excluding hydrogens is 490 g/mol. The van der Waals surface area contributed by atoms with Gasteiger partial charge in [-0.1, -0.05) is 48.0 Å². The van der Waals surface area contributed by atoms with Gasteiger partial charge >= 0.3 is 5.97 Å². The fourth-order valence-electron chi connectivity index (χ4n) is 3.57. The average molecular weight is 512 g/mol. The Morgan fingerprint density at radius 3 is 2.57 bits per heavy atom. The summed E-state index contributed by atoms with van der Waals surface area (Å²) in [6.45, 7) is 1.97. The van der Waals surface area contributed by atoms with Crippen molar-refractivity contribution in [3.05, 3.63) is 75.7 Å². The Bertz CT molecular complexity index is 1340. The first-order valence-corrected chi connectivity index (χ1v) is 12.0. The summed E-state index contributed by atoms with van der Waals surface area (Å²) in [5, 5.41) is 1.98. The largest absolute Gasteiger partial charge is 0.490 e. The summed E-state index contributed by atoms with van der Waals surface area (Å²) in [4.78, 5) is 38.6. The van der Waals surface area contributed by atoms with Crippen molar-refractivity contribution in [2.75, 3.05) is 20.3 Å². The van der Waals surface area contributed by atoms with E-state index in [1.54, 1.807) is 25.1 Å². The molecule has 0 bridgehead atoms. The van der Waals surface area contributed by atoms with E-state index in [2.05, 4.69) is 4.74 Å². The molecule has 0 radical (unpaired) electrons. The molecule has 0 atom stereocenters. The third-order valence-electron chi connectivity index (χ3n) is 5.22. The molecule has 1 fully saturated rings. The maximum atomic E-state index is 13.0. The number of nitrogens with zero attached hydrogens (tertiary/aromatic N) is 1. The van der Waals surface area contributed by atoms with E-state index in [0.29, 0.717) is 17.9 Å². The van der Waals surface area contributed by atoms with Crippen molar-refractivity contribution in [1.82, 2.24) is 4.90 Å². The second-order valence-corrected chi connectivity index (χ2v) is 8.98. The smallest absolute Gasteiger partial charge is 0.343 e. The number of imide groups is 1. The molecule has 9 heteroatoms. The summed E-state index contributed by atoms with van der Waals surface area (Å²) in [6.07, 6.45) is 1.59. The third-order valence-corrected chi connectivity index (χ3v) is 6.41. The standard InChI is InChI=1S/C26H22ClNO6S/c1-3-33-21-12-17(11-20(27)24(21)34-15-23(29)32-2)13-22-25(30)28(26(31)35-22)14-16-8-9-18-6-4-5-7-19(18)10-16/h4-13H,3,14-15H2,1-2H3/b22-13+. The topological polar surface area (TPSA) is 82.1 Å². The molecule has 0 aliphatic carbocycles. The molecule has 0 unspecified atom stereocenters. The number of ether oxygens (including phenoxy) is 3. The summed E-state index contributed by atoms with van der Waals surface area (Å²) in [5.74, 6) is -0.438. The van der Waals surface area contributed by atoms with E-state index in [0.717, 1.165) is 28.1 Å². The first kappa shape index (κ1) is 24.6. The Morgan fingerprint density at radius 2 is 1.83 bits per heavy atom. The minimum Gasteiger partial charge on any atom is -0.490 e. The molecule has 2 amide bonds. The van der Waals surface area contributed by atoms with E-state index in [4.69, 9.17) is 21.1 Å². The van der Waals surface area contributed by atoms with Crippen LogP contribution in [0.4, 0.5) is 4.79 Å². The Kier molecular flexibility index (Phi) is 7.63. The summed E-state index contributed by atoms with van der Waals surface area (Å²) < 4.78 is 15.7. The van der Waals surface area contributed by atoms with Crippen LogP contribution in [-0.4, -0.2) is 42.3 Å². The number of carbonyl (C=O) groups is 3. The number of hydrogen-bond donors (Lipinski definition) is 0. The molecule has 1 aliphatic rings. The molecule has 0 spiro atoms. The van der Waals surface area contributed by atoms with Crippen LogP contribution in [-0.2, 0) is 20.9 Å². The number of rotatable bonds is 8. The number of esters is 1. The minimum atomic E-state index is -0.562. The number of hydrogen-bond acceptors (Lipinski definition) is 7. The molecule has 35 heavy (non-hydrogen) atoms. The van der Waals surface area contributed by atoms with Crippen molar-refractivity contribution in [2.24, 2.45) is 0 Å². The van der Waals surface area contributed by atoms with Crippen molar-refractivity contribution in [1.29, 1.82) is 0 Å². The SMILES string of the molecule is CCOc1cc(/C=C2/SC(=O)N(Cc3ccc4ccccc4c3)C2=O)cc(Cl)c1OCC(=O)OC. The molecule has 4 rings (SSSR count). The maximum Gasteiger partial charge on any atom is 0.343 e. The van der Waals surface area contributed by atoms with Crippen molar-refractivity contribution in [3.63, 3.8) is 0 Å². The van der Waals surface area contributed by atoms with Gasteiger partial charge in [0.1, 0.15) is 0 Å². The Labute approximate surface area is 211 Å². The quantitative estimate of drug-likeness (QED) is 0.284. The van der Waals surface area contributed by atoms with Crippen LogP contribution < -0.4 is 9.47 Å². The zero-order valence-corrected chi connectivity index (χ0v) is 20.7. The van der Waals surface area contributed by atoms with Crippen molar-refractivity contribution < 1.29 is 28.6 Å². The maximum absolute atomic E-state index is 13.0. The summed E-state index contributed by atoms with van der Waals surface area (Å²) >= 11 is 7.24.